The van der Waals surface area contributed by atoms with Gasteiger partial charge in [-0.1, -0.05) is 68.3 Å². The quantitative estimate of drug-likeness (QED) is 0.639. The van der Waals surface area contributed by atoms with Gasteiger partial charge in [-0.2, -0.15) is 0 Å². The highest BCUT2D eigenvalue weighted by Crippen LogP contribution is 2.25. The lowest BCUT2D eigenvalue weighted by molar-refractivity contribution is 0.598. The minimum absolute atomic E-state index is 0.147. The van der Waals surface area contributed by atoms with Crippen LogP contribution in [0.1, 0.15) is 17.0 Å². The molecule has 0 spiro atoms. The molecule has 0 saturated carbocycles. The zero-order valence-electron chi connectivity index (χ0n) is 9.74. The molecule has 3 heteroatoms. The highest BCUT2D eigenvalue weighted by atomic mass is 79.9. The summed E-state index contributed by atoms with van der Waals surface area (Å²) < 4.78 is 14.6. The Morgan fingerprint density at radius 2 is 1.78 bits per heavy atom. The largest absolute Gasteiger partial charge is 0.207 e. The van der Waals surface area contributed by atoms with Crippen LogP contribution in [0.5, 0.6) is 0 Å². The predicted octanol–water partition coefficient (Wildman–Crippen LogP) is 5.31. The van der Waals surface area contributed by atoms with E-state index in [1.807, 2.05) is 30.3 Å². The van der Waals surface area contributed by atoms with Crippen LogP contribution in [0.3, 0.4) is 0 Å². The maximum Gasteiger partial charge on any atom is 0.127 e. The average molecular weight is 372 g/mol. The van der Waals surface area contributed by atoms with E-state index in [1.165, 1.54) is 11.6 Å². The Hall–Kier alpha value is -0.670. The molecule has 2 aromatic carbocycles. The molecule has 0 radical (unpaired) electrons. The standard InChI is InChI=1S/C15H13Br2F/c16-10-13(11-4-2-1-3-5-11)8-12-6-7-14(17)9-15(12)18/h1-7,9,13H,8,10H2. The van der Waals surface area contributed by atoms with Crippen molar-refractivity contribution in [3.05, 3.63) is 69.9 Å². The number of rotatable bonds is 4. The van der Waals surface area contributed by atoms with E-state index in [1.54, 1.807) is 0 Å². The summed E-state index contributed by atoms with van der Waals surface area (Å²) in [5, 5.41) is 0.826. The minimum Gasteiger partial charge on any atom is -0.207 e. The van der Waals surface area contributed by atoms with Gasteiger partial charge in [0.15, 0.2) is 0 Å². The van der Waals surface area contributed by atoms with Gasteiger partial charge in [-0.05, 0) is 35.6 Å². The van der Waals surface area contributed by atoms with Gasteiger partial charge in [-0.25, -0.2) is 4.39 Å². The van der Waals surface area contributed by atoms with Crippen molar-refractivity contribution in [2.75, 3.05) is 5.33 Å². The Labute approximate surface area is 123 Å². The van der Waals surface area contributed by atoms with Crippen molar-refractivity contribution in [3.63, 3.8) is 0 Å². The Morgan fingerprint density at radius 1 is 1.06 bits per heavy atom. The maximum atomic E-state index is 13.8. The predicted molar refractivity (Wildman–Crippen MR) is 80.8 cm³/mol. The molecule has 0 N–H and O–H groups in total. The van der Waals surface area contributed by atoms with Gasteiger partial charge < -0.3 is 0 Å². The Morgan fingerprint density at radius 3 is 2.39 bits per heavy atom. The normalized spacial score (nSPS) is 12.4. The molecule has 0 aromatic heterocycles. The maximum absolute atomic E-state index is 13.8. The fourth-order valence-electron chi connectivity index (χ4n) is 1.94. The molecule has 0 aliphatic heterocycles. The van der Waals surface area contributed by atoms with E-state index in [-0.39, 0.29) is 5.82 Å². The molecule has 1 atom stereocenters. The summed E-state index contributed by atoms with van der Waals surface area (Å²) in [6, 6.07) is 15.4. The van der Waals surface area contributed by atoms with Crippen LogP contribution < -0.4 is 0 Å². The lowest BCUT2D eigenvalue weighted by atomic mass is 9.93. The van der Waals surface area contributed by atoms with E-state index in [0.29, 0.717) is 12.3 Å². The van der Waals surface area contributed by atoms with Crippen molar-refractivity contribution in [2.24, 2.45) is 0 Å². The van der Waals surface area contributed by atoms with Gasteiger partial charge >= 0.3 is 0 Å². The van der Waals surface area contributed by atoms with Crippen molar-refractivity contribution in [2.45, 2.75) is 12.3 Å². The van der Waals surface area contributed by atoms with Crippen LogP contribution in [0.15, 0.2) is 53.0 Å². The van der Waals surface area contributed by atoms with Crippen molar-refractivity contribution >= 4 is 31.9 Å². The van der Waals surface area contributed by atoms with Gasteiger partial charge in [-0.15, -0.1) is 0 Å². The van der Waals surface area contributed by atoms with Gasteiger partial charge in [0.25, 0.3) is 0 Å². The molecule has 2 rings (SSSR count). The Bertz CT molecular complexity index is 511. The third-order valence-electron chi connectivity index (χ3n) is 2.94. The molecule has 2 aromatic rings. The highest BCUT2D eigenvalue weighted by Gasteiger charge is 2.13. The molecule has 0 aliphatic rings. The first-order chi connectivity index (χ1) is 8.70. The van der Waals surface area contributed by atoms with Crippen LogP contribution in [0.4, 0.5) is 4.39 Å². The van der Waals surface area contributed by atoms with E-state index < -0.39 is 0 Å². The van der Waals surface area contributed by atoms with Gasteiger partial charge in [0, 0.05) is 9.80 Å². The van der Waals surface area contributed by atoms with Crippen LogP contribution >= 0.6 is 31.9 Å². The number of alkyl halides is 1. The topological polar surface area (TPSA) is 0 Å². The fraction of sp³-hybridized carbons (Fsp3) is 0.200. The molecular weight excluding hydrogens is 359 g/mol. The smallest absolute Gasteiger partial charge is 0.127 e. The molecule has 94 valence electrons. The monoisotopic (exact) mass is 370 g/mol. The number of hydrogen-bond acceptors (Lipinski definition) is 0. The van der Waals surface area contributed by atoms with Crippen molar-refractivity contribution in [1.82, 2.24) is 0 Å². The van der Waals surface area contributed by atoms with Crippen LogP contribution in [0.2, 0.25) is 0 Å². The van der Waals surface area contributed by atoms with Gasteiger partial charge in [0.2, 0.25) is 0 Å². The Balaban J connectivity index is 2.21. The van der Waals surface area contributed by atoms with Gasteiger partial charge in [0.05, 0.1) is 0 Å². The van der Waals surface area contributed by atoms with Crippen molar-refractivity contribution in [3.8, 4) is 0 Å². The van der Waals surface area contributed by atoms with E-state index in [2.05, 4.69) is 44.0 Å². The molecule has 0 aliphatic carbocycles. The van der Waals surface area contributed by atoms with Crippen molar-refractivity contribution < 1.29 is 4.39 Å². The third-order valence-corrected chi connectivity index (χ3v) is 4.21. The minimum atomic E-state index is -0.147. The second-order valence-electron chi connectivity index (χ2n) is 4.20. The van der Waals surface area contributed by atoms with Crippen molar-refractivity contribution in [1.29, 1.82) is 0 Å². The van der Waals surface area contributed by atoms with E-state index in [0.717, 1.165) is 15.4 Å². The Kier molecular flexibility index (Phi) is 4.95. The summed E-state index contributed by atoms with van der Waals surface area (Å²) >= 11 is 6.79. The molecule has 0 nitrogen and oxygen atoms in total. The third kappa shape index (κ3) is 3.42. The summed E-state index contributed by atoms with van der Waals surface area (Å²) in [5.74, 6) is 0.146. The zero-order chi connectivity index (χ0) is 13.0. The van der Waals surface area contributed by atoms with Gasteiger partial charge in [-0.3, -0.25) is 0 Å². The van der Waals surface area contributed by atoms with Crippen LogP contribution in [-0.4, -0.2) is 5.33 Å². The molecule has 0 heterocycles. The lowest BCUT2D eigenvalue weighted by Gasteiger charge is -2.15. The first kappa shape index (κ1) is 13.8. The average Bonchev–Trinajstić information content (AvgIpc) is 2.39. The molecule has 0 amide bonds. The van der Waals surface area contributed by atoms with Crippen LogP contribution in [0, 0.1) is 5.82 Å². The molecule has 18 heavy (non-hydrogen) atoms. The fourth-order valence-corrected chi connectivity index (χ4v) is 2.88. The first-order valence-electron chi connectivity index (χ1n) is 5.75. The second kappa shape index (κ2) is 6.48. The van der Waals surface area contributed by atoms with Crippen LogP contribution in [0.25, 0.3) is 0 Å². The van der Waals surface area contributed by atoms with Gasteiger partial charge in [0.1, 0.15) is 5.82 Å². The molecule has 0 saturated heterocycles. The molecule has 1 unspecified atom stereocenters. The van der Waals surface area contributed by atoms with Crippen LogP contribution in [-0.2, 0) is 6.42 Å². The SMILES string of the molecule is Fc1cc(Br)ccc1CC(CBr)c1ccccc1. The number of halogens is 3. The highest BCUT2D eigenvalue weighted by molar-refractivity contribution is 9.10. The molecule has 0 bridgehead atoms. The lowest BCUT2D eigenvalue weighted by Crippen LogP contribution is -2.05. The number of benzene rings is 2. The zero-order valence-corrected chi connectivity index (χ0v) is 12.9. The molecular formula is C15H13Br2F. The number of hydrogen-bond donors (Lipinski definition) is 0. The second-order valence-corrected chi connectivity index (χ2v) is 5.76. The summed E-state index contributed by atoms with van der Waals surface area (Å²) in [7, 11) is 0. The van der Waals surface area contributed by atoms with E-state index in [9.17, 15) is 4.39 Å². The summed E-state index contributed by atoms with van der Waals surface area (Å²) in [6.07, 6.45) is 0.703. The molecule has 0 fully saturated rings. The summed E-state index contributed by atoms with van der Waals surface area (Å²) in [6.45, 7) is 0. The van der Waals surface area contributed by atoms with E-state index in [4.69, 9.17) is 0 Å². The van der Waals surface area contributed by atoms with E-state index >= 15 is 0 Å². The summed E-state index contributed by atoms with van der Waals surface area (Å²) in [5.41, 5.74) is 1.99. The first-order valence-corrected chi connectivity index (χ1v) is 7.67. The summed E-state index contributed by atoms with van der Waals surface area (Å²) in [4.78, 5) is 0.